The van der Waals surface area contributed by atoms with Gasteiger partial charge in [0.05, 0.1) is 11.3 Å². The molecule has 0 N–H and O–H groups in total. The van der Waals surface area contributed by atoms with Crippen molar-refractivity contribution in [1.29, 1.82) is 0 Å². The summed E-state index contributed by atoms with van der Waals surface area (Å²) in [6.45, 7) is 3.56. The lowest BCUT2D eigenvalue weighted by Crippen LogP contribution is -2.49. The van der Waals surface area contributed by atoms with Crippen molar-refractivity contribution in [3.05, 3.63) is 16.6 Å². The average molecular weight is 329 g/mol. The number of thiazole rings is 1. The summed E-state index contributed by atoms with van der Waals surface area (Å²) >= 11 is 1.76. The standard InChI is InChI=1S/C14H23N3O2S2/c1-21(18,19)17-8-4-13(5-9-17)16-7-2-3-12(11-16)14-15-6-10-20-14/h6,10,12-13H,2-5,7-9,11H2,1H3/t12-/m0/s1. The Kier molecular flexibility index (Phi) is 4.63. The summed E-state index contributed by atoms with van der Waals surface area (Å²) in [6.07, 6.45) is 7.56. The third-order valence-corrected chi connectivity index (χ3v) is 6.90. The van der Waals surface area contributed by atoms with E-state index in [9.17, 15) is 8.42 Å². The molecule has 0 amide bonds. The van der Waals surface area contributed by atoms with Crippen LogP contribution in [0, 0.1) is 0 Å². The SMILES string of the molecule is CS(=O)(=O)N1CCC(N2CCC[C@H](c3nccs3)C2)CC1. The van der Waals surface area contributed by atoms with E-state index in [-0.39, 0.29) is 0 Å². The molecule has 0 unspecified atom stereocenters. The molecule has 2 aliphatic rings. The van der Waals surface area contributed by atoms with Gasteiger partial charge in [-0.2, -0.15) is 0 Å². The first-order valence-electron chi connectivity index (χ1n) is 7.62. The third kappa shape index (κ3) is 3.64. The van der Waals surface area contributed by atoms with Gasteiger partial charge in [0.25, 0.3) is 0 Å². The predicted octanol–water partition coefficient (Wildman–Crippen LogP) is 1.75. The normalized spacial score (nSPS) is 27.0. The molecule has 21 heavy (non-hydrogen) atoms. The smallest absolute Gasteiger partial charge is 0.211 e. The van der Waals surface area contributed by atoms with Gasteiger partial charge in [0, 0.05) is 43.2 Å². The molecule has 1 aromatic rings. The Morgan fingerprint density at radius 1 is 1.24 bits per heavy atom. The summed E-state index contributed by atoms with van der Waals surface area (Å²) in [5.41, 5.74) is 0. The van der Waals surface area contributed by atoms with E-state index in [2.05, 4.69) is 15.3 Å². The van der Waals surface area contributed by atoms with E-state index in [4.69, 9.17) is 0 Å². The molecule has 2 aliphatic heterocycles. The summed E-state index contributed by atoms with van der Waals surface area (Å²) in [7, 11) is -3.02. The van der Waals surface area contributed by atoms with Crippen molar-refractivity contribution >= 4 is 21.4 Å². The molecule has 0 bridgehead atoms. The number of rotatable bonds is 3. The Morgan fingerprint density at radius 2 is 2.00 bits per heavy atom. The number of piperidine rings is 2. The van der Waals surface area contributed by atoms with E-state index in [1.54, 1.807) is 15.6 Å². The minimum atomic E-state index is -3.02. The van der Waals surface area contributed by atoms with Crippen LogP contribution < -0.4 is 0 Å². The minimum Gasteiger partial charge on any atom is -0.300 e. The Bertz CT molecular complexity index is 551. The van der Waals surface area contributed by atoms with Crippen molar-refractivity contribution < 1.29 is 8.42 Å². The number of likely N-dealkylation sites (tertiary alicyclic amines) is 1. The first-order valence-corrected chi connectivity index (χ1v) is 10.4. The van der Waals surface area contributed by atoms with Crippen molar-refractivity contribution in [2.75, 3.05) is 32.4 Å². The maximum absolute atomic E-state index is 11.6. The molecule has 5 nitrogen and oxygen atoms in total. The van der Waals surface area contributed by atoms with Crippen LogP contribution in [0.5, 0.6) is 0 Å². The second-order valence-electron chi connectivity index (χ2n) is 6.10. The summed E-state index contributed by atoms with van der Waals surface area (Å²) in [5.74, 6) is 0.562. The van der Waals surface area contributed by atoms with Crippen LogP contribution in [-0.4, -0.2) is 61.1 Å². The topological polar surface area (TPSA) is 53.5 Å². The number of sulfonamides is 1. The van der Waals surface area contributed by atoms with Crippen molar-refractivity contribution in [1.82, 2.24) is 14.2 Å². The molecule has 3 heterocycles. The lowest BCUT2D eigenvalue weighted by Gasteiger charge is -2.41. The van der Waals surface area contributed by atoms with E-state index in [0.717, 1.165) is 25.9 Å². The first-order chi connectivity index (χ1) is 10.0. The van der Waals surface area contributed by atoms with Crippen molar-refractivity contribution in [3.8, 4) is 0 Å². The molecule has 0 aliphatic carbocycles. The second kappa shape index (κ2) is 6.32. The molecule has 0 aromatic carbocycles. The highest BCUT2D eigenvalue weighted by atomic mass is 32.2. The average Bonchev–Trinajstić information content (AvgIpc) is 3.01. The fourth-order valence-corrected chi connectivity index (χ4v) is 5.16. The van der Waals surface area contributed by atoms with Crippen LogP contribution in [0.4, 0.5) is 0 Å². The van der Waals surface area contributed by atoms with Crippen LogP contribution >= 0.6 is 11.3 Å². The number of hydrogen-bond acceptors (Lipinski definition) is 5. The number of hydrogen-bond donors (Lipinski definition) is 0. The second-order valence-corrected chi connectivity index (χ2v) is 9.01. The Balaban J connectivity index is 1.58. The lowest BCUT2D eigenvalue weighted by molar-refractivity contribution is 0.107. The van der Waals surface area contributed by atoms with Gasteiger partial charge >= 0.3 is 0 Å². The zero-order chi connectivity index (χ0) is 14.9. The summed E-state index contributed by atoms with van der Waals surface area (Å²) in [4.78, 5) is 7.03. The summed E-state index contributed by atoms with van der Waals surface area (Å²) < 4.78 is 24.8. The van der Waals surface area contributed by atoms with Crippen LogP contribution in [0.25, 0.3) is 0 Å². The molecule has 2 saturated heterocycles. The highest BCUT2D eigenvalue weighted by Crippen LogP contribution is 2.31. The van der Waals surface area contributed by atoms with Gasteiger partial charge in [-0.1, -0.05) is 0 Å². The van der Waals surface area contributed by atoms with E-state index in [1.807, 2.05) is 6.20 Å². The van der Waals surface area contributed by atoms with Crippen LogP contribution in [0.15, 0.2) is 11.6 Å². The molecular formula is C14H23N3O2S2. The molecule has 118 valence electrons. The highest BCUT2D eigenvalue weighted by Gasteiger charge is 2.32. The zero-order valence-electron chi connectivity index (χ0n) is 12.4. The van der Waals surface area contributed by atoms with Crippen molar-refractivity contribution in [2.24, 2.45) is 0 Å². The molecule has 1 atom stereocenters. The fraction of sp³-hybridized carbons (Fsp3) is 0.786. The molecule has 0 radical (unpaired) electrons. The van der Waals surface area contributed by atoms with E-state index in [0.29, 0.717) is 25.0 Å². The molecule has 1 aromatic heterocycles. The van der Waals surface area contributed by atoms with Crippen molar-refractivity contribution in [3.63, 3.8) is 0 Å². The van der Waals surface area contributed by atoms with Gasteiger partial charge < -0.3 is 0 Å². The molecule has 2 fully saturated rings. The largest absolute Gasteiger partial charge is 0.300 e. The van der Waals surface area contributed by atoms with Gasteiger partial charge in [-0.25, -0.2) is 17.7 Å². The van der Waals surface area contributed by atoms with Crippen molar-refractivity contribution in [2.45, 2.75) is 37.6 Å². The fourth-order valence-electron chi connectivity index (χ4n) is 3.51. The van der Waals surface area contributed by atoms with Crippen LogP contribution in [0.3, 0.4) is 0 Å². The van der Waals surface area contributed by atoms with E-state index in [1.165, 1.54) is 24.1 Å². The summed E-state index contributed by atoms with van der Waals surface area (Å²) in [5, 5.41) is 3.31. The van der Waals surface area contributed by atoms with Gasteiger partial charge in [0.2, 0.25) is 10.0 Å². The van der Waals surface area contributed by atoms with E-state index < -0.39 is 10.0 Å². The molecule has 0 spiro atoms. The molecule has 0 saturated carbocycles. The van der Waals surface area contributed by atoms with Gasteiger partial charge in [-0.3, -0.25) is 4.90 Å². The molecular weight excluding hydrogens is 306 g/mol. The molecule has 3 rings (SSSR count). The van der Waals surface area contributed by atoms with Gasteiger partial charge in [-0.05, 0) is 32.2 Å². The highest BCUT2D eigenvalue weighted by molar-refractivity contribution is 7.88. The van der Waals surface area contributed by atoms with Gasteiger partial charge in [-0.15, -0.1) is 11.3 Å². The van der Waals surface area contributed by atoms with Crippen LogP contribution in [0.1, 0.15) is 36.6 Å². The maximum Gasteiger partial charge on any atom is 0.211 e. The predicted molar refractivity (Wildman–Crippen MR) is 85.1 cm³/mol. The number of nitrogens with zero attached hydrogens (tertiary/aromatic N) is 3. The monoisotopic (exact) mass is 329 g/mol. The number of aromatic nitrogens is 1. The van der Waals surface area contributed by atoms with Gasteiger partial charge in [0.15, 0.2) is 0 Å². The van der Waals surface area contributed by atoms with Crippen LogP contribution in [-0.2, 0) is 10.0 Å². The zero-order valence-corrected chi connectivity index (χ0v) is 14.1. The quantitative estimate of drug-likeness (QED) is 0.848. The van der Waals surface area contributed by atoms with Crippen LogP contribution in [0.2, 0.25) is 0 Å². The third-order valence-electron chi connectivity index (χ3n) is 4.66. The first kappa shape index (κ1) is 15.4. The van der Waals surface area contributed by atoms with E-state index >= 15 is 0 Å². The molecule has 7 heteroatoms. The van der Waals surface area contributed by atoms with Gasteiger partial charge in [0.1, 0.15) is 0 Å². The maximum atomic E-state index is 11.6. The Hall–Kier alpha value is -0.500. The summed E-state index contributed by atoms with van der Waals surface area (Å²) in [6, 6.07) is 0.533. The lowest BCUT2D eigenvalue weighted by atomic mass is 9.94. The Labute approximate surface area is 131 Å². The minimum absolute atomic E-state index is 0.533. The Morgan fingerprint density at radius 3 is 2.62 bits per heavy atom.